The van der Waals surface area contributed by atoms with Gasteiger partial charge in [0.25, 0.3) is 0 Å². The minimum Gasteiger partial charge on any atom is -0.381 e. The molecule has 0 aromatic rings. The Bertz CT molecular complexity index is 252. The Hall–Kier alpha value is -0.440. The lowest BCUT2D eigenvalue weighted by Gasteiger charge is -2.06. The Balaban J connectivity index is 3.74. The van der Waals surface area contributed by atoms with Crippen LogP contribution >= 0.6 is 12.2 Å². The number of sulfonamides is 1. The third-order valence-electron chi connectivity index (χ3n) is 1.03. The molecule has 0 unspecified atom stereocenters. The summed E-state index contributed by atoms with van der Waals surface area (Å²) in [5.74, 6) is -0.129. The summed E-state index contributed by atoms with van der Waals surface area (Å²) >= 11 is 4.41. The lowest BCUT2D eigenvalue weighted by atomic mass is 10.8. The minimum atomic E-state index is -3.40. The van der Waals surface area contributed by atoms with E-state index >= 15 is 0 Å². The van der Waals surface area contributed by atoms with Gasteiger partial charge in [-0.1, -0.05) is 0 Å². The first kappa shape index (κ1) is 12.6. The highest BCUT2D eigenvalue weighted by Gasteiger charge is 2.08. The minimum absolute atomic E-state index is 0.125. The summed E-state index contributed by atoms with van der Waals surface area (Å²) in [4.78, 5) is 1.99. The molecule has 0 aliphatic carbocycles. The first-order valence-corrected chi connectivity index (χ1v) is 5.66. The zero-order chi connectivity index (χ0) is 10.3. The van der Waals surface area contributed by atoms with Crippen LogP contribution in [0, 0.1) is 0 Å². The molecule has 0 saturated carbocycles. The molecule has 4 N–H and O–H groups in total. The number of nitrogens with one attached hydrogen (secondary N) is 2. The summed E-state index contributed by atoms with van der Waals surface area (Å²) in [6.45, 7) is 2.41. The first-order chi connectivity index (χ1) is 5.98. The van der Waals surface area contributed by atoms with Crippen LogP contribution in [-0.2, 0) is 14.8 Å². The van der Waals surface area contributed by atoms with Crippen LogP contribution in [0.5, 0.6) is 0 Å². The highest BCUT2D eigenvalue weighted by molar-refractivity contribution is 7.89. The molecule has 0 aliphatic rings. The third kappa shape index (κ3) is 7.91. The largest absolute Gasteiger partial charge is 0.381 e. The monoisotopic (exact) mass is 227 g/mol. The molecule has 13 heavy (non-hydrogen) atoms. The molecule has 0 saturated heterocycles. The second kappa shape index (κ2) is 6.08. The van der Waals surface area contributed by atoms with Gasteiger partial charge < -0.3 is 10.5 Å². The van der Waals surface area contributed by atoms with Crippen LogP contribution < -0.4 is 16.0 Å². The number of nitrogens with two attached hydrogens (primary N) is 1. The number of thiocarbonyl (C=S) groups is 1. The predicted octanol–water partition coefficient (Wildman–Crippen LogP) is -1.31. The van der Waals surface area contributed by atoms with E-state index in [1.165, 1.54) is 0 Å². The molecule has 8 heteroatoms. The molecule has 6 nitrogen and oxygen atoms in total. The van der Waals surface area contributed by atoms with Crippen molar-refractivity contribution in [1.82, 2.24) is 10.3 Å². The second-order valence-electron chi connectivity index (χ2n) is 2.11. The van der Waals surface area contributed by atoms with E-state index in [1.54, 1.807) is 6.92 Å². The van der Waals surface area contributed by atoms with Gasteiger partial charge >= 0.3 is 0 Å². The molecular weight excluding hydrogens is 214 g/mol. The maximum atomic E-state index is 11.0. The van der Waals surface area contributed by atoms with E-state index in [1.807, 2.05) is 4.83 Å². The van der Waals surface area contributed by atoms with Gasteiger partial charge in [-0.2, -0.15) is 0 Å². The normalized spacial score (nSPS) is 11.2. The first-order valence-electron chi connectivity index (χ1n) is 3.60. The number of hydrogen-bond donors (Lipinski definition) is 3. The Morgan fingerprint density at radius 3 is 2.69 bits per heavy atom. The molecule has 0 spiro atoms. The van der Waals surface area contributed by atoms with E-state index in [9.17, 15) is 8.42 Å². The average Bonchev–Trinajstić information content (AvgIpc) is 2.02. The molecular formula is C5H13N3O3S2. The number of rotatable bonds is 6. The van der Waals surface area contributed by atoms with Crippen molar-refractivity contribution in [3.63, 3.8) is 0 Å². The van der Waals surface area contributed by atoms with E-state index in [2.05, 4.69) is 17.6 Å². The van der Waals surface area contributed by atoms with E-state index in [-0.39, 0.29) is 17.5 Å². The second-order valence-corrected chi connectivity index (χ2v) is 4.39. The smallest absolute Gasteiger partial charge is 0.230 e. The number of hydrogen-bond acceptors (Lipinski definition) is 4. The number of ether oxygens (including phenoxy) is 1. The highest BCUT2D eigenvalue weighted by atomic mass is 32.2. The third-order valence-corrected chi connectivity index (χ3v) is 2.25. The lowest BCUT2D eigenvalue weighted by molar-refractivity contribution is 0.163. The molecule has 0 aliphatic heterocycles. The fourth-order valence-corrected chi connectivity index (χ4v) is 1.31. The molecule has 0 aromatic carbocycles. The fourth-order valence-electron chi connectivity index (χ4n) is 0.492. The Kier molecular flexibility index (Phi) is 5.88. The molecule has 0 rings (SSSR count). The van der Waals surface area contributed by atoms with E-state index in [0.29, 0.717) is 6.61 Å². The van der Waals surface area contributed by atoms with Crippen LogP contribution in [0.15, 0.2) is 0 Å². The van der Waals surface area contributed by atoms with Crippen molar-refractivity contribution < 1.29 is 13.2 Å². The van der Waals surface area contributed by atoms with Crippen LogP contribution in [0.25, 0.3) is 0 Å². The lowest BCUT2D eigenvalue weighted by Crippen LogP contribution is -2.45. The summed E-state index contributed by atoms with van der Waals surface area (Å²) in [6.07, 6.45) is 0. The molecule has 0 amide bonds. The van der Waals surface area contributed by atoms with Crippen LogP contribution in [-0.4, -0.2) is 32.5 Å². The molecule has 0 bridgehead atoms. The molecule has 0 aromatic heterocycles. The van der Waals surface area contributed by atoms with E-state index in [0.717, 1.165) is 0 Å². The average molecular weight is 227 g/mol. The van der Waals surface area contributed by atoms with Crippen molar-refractivity contribution in [1.29, 1.82) is 0 Å². The molecule has 0 radical (unpaired) electrons. The van der Waals surface area contributed by atoms with Crippen LogP contribution in [0.1, 0.15) is 6.92 Å². The maximum Gasteiger partial charge on any atom is 0.230 e. The van der Waals surface area contributed by atoms with Gasteiger partial charge in [0.1, 0.15) is 0 Å². The standard InChI is InChI=1S/C5H13N3O3S2/c1-2-11-3-4-13(9,10)8-7-5(6)12/h8H,2-4H2,1H3,(H3,6,7,12). The Morgan fingerprint density at radius 2 is 2.23 bits per heavy atom. The van der Waals surface area contributed by atoms with Crippen molar-refractivity contribution in [3.05, 3.63) is 0 Å². The van der Waals surface area contributed by atoms with Crippen molar-refractivity contribution in [2.24, 2.45) is 5.73 Å². The zero-order valence-electron chi connectivity index (χ0n) is 7.24. The fraction of sp³-hybridized carbons (Fsp3) is 0.800. The number of hydrazine groups is 1. The van der Waals surface area contributed by atoms with Gasteiger partial charge in [0.05, 0.1) is 12.4 Å². The Morgan fingerprint density at radius 1 is 1.62 bits per heavy atom. The van der Waals surface area contributed by atoms with Gasteiger partial charge in [0.15, 0.2) is 5.11 Å². The van der Waals surface area contributed by atoms with Crippen LogP contribution in [0.4, 0.5) is 0 Å². The van der Waals surface area contributed by atoms with Crippen molar-refractivity contribution in [3.8, 4) is 0 Å². The van der Waals surface area contributed by atoms with Gasteiger partial charge in [-0.25, -0.2) is 8.42 Å². The van der Waals surface area contributed by atoms with Crippen molar-refractivity contribution in [2.45, 2.75) is 6.92 Å². The van der Waals surface area contributed by atoms with Gasteiger partial charge in [0.2, 0.25) is 10.0 Å². The van der Waals surface area contributed by atoms with Crippen LogP contribution in [0.2, 0.25) is 0 Å². The van der Waals surface area contributed by atoms with E-state index in [4.69, 9.17) is 10.5 Å². The highest BCUT2D eigenvalue weighted by Crippen LogP contribution is 1.83. The van der Waals surface area contributed by atoms with Gasteiger partial charge in [0, 0.05) is 6.61 Å². The maximum absolute atomic E-state index is 11.0. The summed E-state index contributed by atoms with van der Waals surface area (Å²) in [5, 5.41) is -0.125. The Labute approximate surface area is 82.8 Å². The summed E-state index contributed by atoms with van der Waals surface area (Å²) < 4.78 is 26.9. The van der Waals surface area contributed by atoms with Crippen molar-refractivity contribution in [2.75, 3.05) is 19.0 Å². The predicted molar refractivity (Wildman–Crippen MR) is 53.3 cm³/mol. The summed E-state index contributed by atoms with van der Waals surface area (Å²) in [7, 11) is -3.40. The van der Waals surface area contributed by atoms with Gasteiger partial charge in [-0.3, -0.25) is 5.43 Å². The zero-order valence-corrected chi connectivity index (χ0v) is 8.87. The SMILES string of the molecule is CCOCCS(=O)(=O)NNC(N)=S. The van der Waals surface area contributed by atoms with Crippen molar-refractivity contribution >= 4 is 27.4 Å². The molecule has 0 atom stereocenters. The summed E-state index contributed by atoms with van der Waals surface area (Å²) in [6, 6.07) is 0. The summed E-state index contributed by atoms with van der Waals surface area (Å²) in [5.41, 5.74) is 7.15. The molecule has 0 heterocycles. The molecule has 78 valence electrons. The topological polar surface area (TPSA) is 93.5 Å². The van der Waals surface area contributed by atoms with E-state index < -0.39 is 10.0 Å². The molecule has 0 fully saturated rings. The van der Waals surface area contributed by atoms with Gasteiger partial charge in [-0.15, -0.1) is 4.83 Å². The quantitative estimate of drug-likeness (QED) is 0.296. The van der Waals surface area contributed by atoms with Gasteiger partial charge in [-0.05, 0) is 19.1 Å². The van der Waals surface area contributed by atoms with Crippen LogP contribution in [0.3, 0.4) is 0 Å².